The van der Waals surface area contributed by atoms with E-state index in [1.165, 1.54) is 10.8 Å². The number of hydrogen-bond donors (Lipinski definition) is 1. The summed E-state index contributed by atoms with van der Waals surface area (Å²) in [6.45, 7) is 2.82. The quantitative estimate of drug-likeness (QED) is 0.839. The van der Waals surface area contributed by atoms with Gasteiger partial charge in [0.25, 0.3) is 0 Å². The van der Waals surface area contributed by atoms with Crippen LogP contribution in [0.25, 0.3) is 10.8 Å². The van der Waals surface area contributed by atoms with Crippen LogP contribution >= 0.6 is 15.9 Å². The molecule has 0 heterocycles. The first kappa shape index (κ1) is 14.1. The van der Waals surface area contributed by atoms with Crippen LogP contribution in [0.1, 0.15) is 12.5 Å². The molecule has 0 saturated heterocycles. The Labute approximate surface area is 122 Å². The van der Waals surface area contributed by atoms with Crippen LogP contribution in [0.15, 0.2) is 42.5 Å². The summed E-state index contributed by atoms with van der Waals surface area (Å²) in [6.07, 6.45) is 0.444. The van der Waals surface area contributed by atoms with E-state index in [-0.39, 0.29) is 5.91 Å². The molecule has 0 aliphatic heterocycles. The Morgan fingerprint density at radius 1 is 1.21 bits per heavy atom. The van der Waals surface area contributed by atoms with Crippen LogP contribution < -0.4 is 5.32 Å². The largest absolute Gasteiger partial charge is 0.356 e. The van der Waals surface area contributed by atoms with Crippen molar-refractivity contribution >= 4 is 32.6 Å². The minimum atomic E-state index is 0.0862. The Hall–Kier alpha value is -1.35. The maximum absolute atomic E-state index is 11.8. The number of carbonyl (C=O) groups excluding carboxylic acids is 1. The molecule has 0 radical (unpaired) electrons. The molecule has 0 bridgehead atoms. The second-order valence-corrected chi connectivity index (χ2v) is 5.57. The van der Waals surface area contributed by atoms with Gasteiger partial charge in [0.1, 0.15) is 0 Å². The number of fused-ring (bicyclic) bond motifs is 1. The molecule has 0 saturated carbocycles. The number of nitrogens with one attached hydrogen (secondary N) is 1. The van der Waals surface area contributed by atoms with Crippen LogP contribution in [0.5, 0.6) is 0 Å². The summed E-state index contributed by atoms with van der Waals surface area (Å²) in [5, 5.41) is 6.26. The number of carbonyl (C=O) groups is 1. The molecule has 1 unspecified atom stereocenters. The highest BCUT2D eigenvalue weighted by molar-refractivity contribution is 9.09. The van der Waals surface area contributed by atoms with Gasteiger partial charge in [-0.15, -0.1) is 0 Å². The first-order valence-corrected chi connectivity index (χ1v) is 7.61. The molecule has 1 atom stereocenters. The highest BCUT2D eigenvalue weighted by atomic mass is 79.9. The molecule has 2 rings (SSSR count). The fourth-order valence-corrected chi connectivity index (χ4v) is 2.17. The third-order valence-electron chi connectivity index (χ3n) is 3.09. The molecule has 0 spiro atoms. The van der Waals surface area contributed by atoms with Crippen molar-refractivity contribution < 1.29 is 4.79 Å². The fraction of sp³-hybridized carbons (Fsp3) is 0.312. The molecular formula is C16H18BrNO. The van der Waals surface area contributed by atoms with Crippen molar-refractivity contribution in [3.8, 4) is 0 Å². The number of alkyl halides is 1. The predicted octanol–water partition coefficient (Wildman–Crippen LogP) is 3.53. The first-order valence-electron chi connectivity index (χ1n) is 6.49. The molecule has 2 aromatic carbocycles. The number of hydrogen-bond acceptors (Lipinski definition) is 1. The van der Waals surface area contributed by atoms with Crippen molar-refractivity contribution in [1.82, 2.24) is 5.32 Å². The van der Waals surface area contributed by atoms with Crippen LogP contribution in [0.2, 0.25) is 0 Å². The SMILES string of the molecule is CC(CBr)CNC(=O)Cc1ccc2ccccc2c1. The summed E-state index contributed by atoms with van der Waals surface area (Å²) in [6, 6.07) is 14.4. The van der Waals surface area contributed by atoms with Gasteiger partial charge in [0.2, 0.25) is 5.91 Å². The van der Waals surface area contributed by atoms with Crippen LogP contribution in [0, 0.1) is 5.92 Å². The lowest BCUT2D eigenvalue weighted by atomic mass is 10.0. The summed E-state index contributed by atoms with van der Waals surface area (Å²) in [7, 11) is 0. The van der Waals surface area contributed by atoms with Crippen molar-refractivity contribution in [1.29, 1.82) is 0 Å². The van der Waals surface area contributed by atoms with Crippen LogP contribution in [-0.4, -0.2) is 17.8 Å². The lowest BCUT2D eigenvalue weighted by Crippen LogP contribution is -2.30. The zero-order chi connectivity index (χ0) is 13.7. The molecule has 19 heavy (non-hydrogen) atoms. The average Bonchev–Trinajstić information content (AvgIpc) is 2.44. The van der Waals surface area contributed by atoms with Crippen molar-refractivity contribution in [2.45, 2.75) is 13.3 Å². The Bertz CT molecular complexity index is 567. The van der Waals surface area contributed by atoms with Crippen LogP contribution in [0.4, 0.5) is 0 Å². The molecule has 0 aliphatic carbocycles. The van der Waals surface area contributed by atoms with E-state index < -0.39 is 0 Å². The van der Waals surface area contributed by atoms with Gasteiger partial charge in [-0.1, -0.05) is 65.3 Å². The summed E-state index contributed by atoms with van der Waals surface area (Å²) in [5.41, 5.74) is 1.06. The molecule has 1 amide bonds. The predicted molar refractivity (Wildman–Crippen MR) is 83.6 cm³/mol. The minimum Gasteiger partial charge on any atom is -0.356 e. The third kappa shape index (κ3) is 4.06. The monoisotopic (exact) mass is 319 g/mol. The smallest absolute Gasteiger partial charge is 0.224 e. The van der Waals surface area contributed by atoms with Gasteiger partial charge in [0.05, 0.1) is 6.42 Å². The maximum Gasteiger partial charge on any atom is 0.224 e. The standard InChI is InChI=1S/C16H18BrNO/c1-12(10-17)11-18-16(19)9-13-6-7-14-4-2-3-5-15(14)8-13/h2-8,12H,9-11H2,1H3,(H,18,19). The Morgan fingerprint density at radius 2 is 1.95 bits per heavy atom. The number of halogens is 1. The zero-order valence-electron chi connectivity index (χ0n) is 11.0. The Balaban J connectivity index is 1.99. The fourth-order valence-electron chi connectivity index (χ4n) is 1.94. The van der Waals surface area contributed by atoms with Gasteiger partial charge in [-0.2, -0.15) is 0 Å². The van der Waals surface area contributed by atoms with Gasteiger partial charge in [0.15, 0.2) is 0 Å². The third-order valence-corrected chi connectivity index (χ3v) is 4.19. The molecule has 2 nitrogen and oxygen atoms in total. The summed E-state index contributed by atoms with van der Waals surface area (Å²) >= 11 is 3.41. The Morgan fingerprint density at radius 3 is 2.68 bits per heavy atom. The topological polar surface area (TPSA) is 29.1 Å². The van der Waals surface area contributed by atoms with Gasteiger partial charge in [0, 0.05) is 11.9 Å². The summed E-state index contributed by atoms with van der Waals surface area (Å²) < 4.78 is 0. The van der Waals surface area contributed by atoms with Gasteiger partial charge >= 0.3 is 0 Å². The van der Waals surface area contributed by atoms with Gasteiger partial charge in [-0.25, -0.2) is 0 Å². The second-order valence-electron chi connectivity index (χ2n) is 4.92. The lowest BCUT2D eigenvalue weighted by molar-refractivity contribution is -0.120. The highest BCUT2D eigenvalue weighted by Gasteiger charge is 2.06. The molecule has 0 aromatic heterocycles. The van der Waals surface area contributed by atoms with E-state index in [1.807, 2.05) is 18.2 Å². The van der Waals surface area contributed by atoms with E-state index in [1.54, 1.807) is 0 Å². The maximum atomic E-state index is 11.8. The molecule has 0 aliphatic rings. The molecule has 0 fully saturated rings. The van der Waals surface area contributed by atoms with Crippen molar-refractivity contribution in [3.05, 3.63) is 48.0 Å². The van der Waals surface area contributed by atoms with Crippen molar-refractivity contribution in [3.63, 3.8) is 0 Å². The van der Waals surface area contributed by atoms with E-state index in [2.05, 4.69) is 52.4 Å². The highest BCUT2D eigenvalue weighted by Crippen LogP contribution is 2.15. The lowest BCUT2D eigenvalue weighted by Gasteiger charge is -2.09. The normalized spacial score (nSPS) is 12.3. The van der Waals surface area contributed by atoms with E-state index in [4.69, 9.17) is 0 Å². The number of rotatable bonds is 5. The molecule has 2 aromatic rings. The van der Waals surface area contributed by atoms with Gasteiger partial charge in [-0.05, 0) is 22.3 Å². The number of benzene rings is 2. The zero-order valence-corrected chi connectivity index (χ0v) is 12.6. The Kier molecular flexibility index (Phi) is 4.97. The van der Waals surface area contributed by atoms with Crippen LogP contribution in [-0.2, 0) is 11.2 Å². The molecule has 3 heteroatoms. The summed E-state index contributed by atoms with van der Waals surface area (Å²) in [4.78, 5) is 11.8. The van der Waals surface area contributed by atoms with E-state index in [0.29, 0.717) is 12.3 Å². The molecule has 1 N–H and O–H groups in total. The van der Waals surface area contributed by atoms with Crippen molar-refractivity contribution in [2.75, 3.05) is 11.9 Å². The molecule has 100 valence electrons. The average molecular weight is 320 g/mol. The van der Waals surface area contributed by atoms with E-state index >= 15 is 0 Å². The van der Waals surface area contributed by atoms with Crippen molar-refractivity contribution in [2.24, 2.45) is 5.92 Å². The first-order chi connectivity index (χ1) is 9.19. The van der Waals surface area contributed by atoms with Gasteiger partial charge < -0.3 is 5.32 Å². The van der Waals surface area contributed by atoms with E-state index in [0.717, 1.165) is 17.4 Å². The van der Waals surface area contributed by atoms with Gasteiger partial charge in [-0.3, -0.25) is 4.79 Å². The van der Waals surface area contributed by atoms with E-state index in [9.17, 15) is 4.79 Å². The minimum absolute atomic E-state index is 0.0862. The summed E-state index contributed by atoms with van der Waals surface area (Å²) in [5.74, 6) is 0.545. The number of amides is 1. The second kappa shape index (κ2) is 6.71. The van der Waals surface area contributed by atoms with Crippen LogP contribution in [0.3, 0.4) is 0 Å². The molecular weight excluding hydrogens is 302 g/mol.